The van der Waals surface area contributed by atoms with Crippen molar-refractivity contribution in [1.29, 1.82) is 0 Å². The number of carbonyl (C=O) groups excluding carboxylic acids is 3. The SMILES string of the molecule is COc1cccc(/C=C2\SC(=O)N(Cc3ccc(Cl)cc3)C2=O)c1OS(=O)(=O)c1ccc(NC(C)=O)cc1. The minimum Gasteiger partial charge on any atom is -0.493 e. The van der Waals surface area contributed by atoms with Crippen LogP contribution >= 0.6 is 23.4 Å². The standard InChI is InChI=1S/C26H21ClN2O7S2/c1-16(30)28-20-10-12-21(13-11-20)38(33,34)36-24-18(4-3-5-22(24)35-2)14-23-25(31)29(26(32)37-23)15-17-6-8-19(27)9-7-17/h3-14H,15H2,1-2H3,(H,28,30)/b23-14-. The third-order valence-electron chi connectivity index (χ3n) is 5.30. The first-order valence-corrected chi connectivity index (χ1v) is 13.7. The minimum absolute atomic E-state index is 0.0590. The van der Waals surface area contributed by atoms with Crippen molar-refractivity contribution < 1.29 is 31.7 Å². The van der Waals surface area contributed by atoms with E-state index in [0.717, 1.165) is 22.2 Å². The number of ether oxygens (including phenoxy) is 1. The molecule has 1 N–H and O–H groups in total. The Bertz CT molecular complexity index is 1540. The number of hydrogen-bond donors (Lipinski definition) is 1. The highest BCUT2D eigenvalue weighted by molar-refractivity contribution is 8.18. The molecule has 0 bridgehead atoms. The van der Waals surface area contributed by atoms with E-state index in [9.17, 15) is 22.8 Å². The molecule has 0 radical (unpaired) electrons. The van der Waals surface area contributed by atoms with Crippen LogP contribution in [0.5, 0.6) is 11.5 Å². The number of halogens is 1. The monoisotopic (exact) mass is 572 g/mol. The first-order valence-electron chi connectivity index (χ1n) is 11.1. The molecule has 1 saturated heterocycles. The van der Waals surface area contributed by atoms with Crippen molar-refractivity contribution >= 4 is 62.3 Å². The molecule has 0 spiro atoms. The number of anilines is 1. The van der Waals surface area contributed by atoms with Crippen molar-refractivity contribution in [2.24, 2.45) is 0 Å². The summed E-state index contributed by atoms with van der Waals surface area (Å²) in [6.45, 7) is 1.40. The Hall–Kier alpha value is -3.80. The molecule has 0 aromatic heterocycles. The summed E-state index contributed by atoms with van der Waals surface area (Å²) in [6, 6.07) is 16.9. The summed E-state index contributed by atoms with van der Waals surface area (Å²) >= 11 is 6.64. The van der Waals surface area contributed by atoms with Crippen molar-refractivity contribution in [3.8, 4) is 11.5 Å². The number of imide groups is 1. The van der Waals surface area contributed by atoms with Gasteiger partial charge in [-0.1, -0.05) is 35.9 Å². The lowest BCUT2D eigenvalue weighted by molar-refractivity contribution is -0.123. The molecule has 3 aromatic carbocycles. The predicted molar refractivity (Wildman–Crippen MR) is 145 cm³/mol. The maximum absolute atomic E-state index is 13.1. The van der Waals surface area contributed by atoms with E-state index in [0.29, 0.717) is 10.7 Å². The van der Waals surface area contributed by atoms with Gasteiger partial charge in [0.15, 0.2) is 11.5 Å². The second kappa shape index (κ2) is 11.3. The molecule has 0 unspecified atom stereocenters. The molecule has 9 nitrogen and oxygen atoms in total. The number of thioether (sulfide) groups is 1. The van der Waals surface area contributed by atoms with Crippen LogP contribution in [0.25, 0.3) is 6.08 Å². The fourth-order valence-electron chi connectivity index (χ4n) is 3.51. The zero-order chi connectivity index (χ0) is 27.4. The largest absolute Gasteiger partial charge is 0.493 e. The van der Waals surface area contributed by atoms with Gasteiger partial charge in [0, 0.05) is 23.2 Å². The smallest absolute Gasteiger partial charge is 0.339 e. The van der Waals surface area contributed by atoms with E-state index >= 15 is 0 Å². The van der Waals surface area contributed by atoms with Crippen LogP contribution in [-0.2, 0) is 26.3 Å². The fraction of sp³-hybridized carbons (Fsp3) is 0.115. The summed E-state index contributed by atoms with van der Waals surface area (Å²) < 4.78 is 36.9. The molecule has 1 aliphatic heterocycles. The zero-order valence-electron chi connectivity index (χ0n) is 20.1. The lowest BCUT2D eigenvalue weighted by atomic mass is 10.1. The molecular weight excluding hydrogens is 552 g/mol. The van der Waals surface area contributed by atoms with Gasteiger partial charge in [0.05, 0.1) is 18.6 Å². The molecule has 1 aliphatic rings. The first-order chi connectivity index (χ1) is 18.1. The molecule has 12 heteroatoms. The van der Waals surface area contributed by atoms with E-state index in [-0.39, 0.29) is 39.3 Å². The summed E-state index contributed by atoms with van der Waals surface area (Å²) in [6.07, 6.45) is 1.39. The summed E-state index contributed by atoms with van der Waals surface area (Å²) in [7, 11) is -2.98. The van der Waals surface area contributed by atoms with Gasteiger partial charge in [0.25, 0.3) is 11.1 Å². The number of para-hydroxylation sites is 1. The van der Waals surface area contributed by atoms with Gasteiger partial charge in [-0.15, -0.1) is 0 Å². The number of methoxy groups -OCH3 is 1. The highest BCUT2D eigenvalue weighted by atomic mass is 35.5. The van der Waals surface area contributed by atoms with Crippen LogP contribution < -0.4 is 14.2 Å². The van der Waals surface area contributed by atoms with E-state index in [1.54, 1.807) is 36.4 Å². The van der Waals surface area contributed by atoms with Crippen LogP contribution in [0.1, 0.15) is 18.1 Å². The Morgan fingerprint density at radius 2 is 1.74 bits per heavy atom. The summed E-state index contributed by atoms with van der Waals surface area (Å²) in [5.41, 5.74) is 1.36. The highest BCUT2D eigenvalue weighted by Crippen LogP contribution is 2.39. The molecule has 196 valence electrons. The summed E-state index contributed by atoms with van der Waals surface area (Å²) in [5.74, 6) is -0.865. The Morgan fingerprint density at radius 1 is 1.05 bits per heavy atom. The summed E-state index contributed by atoms with van der Waals surface area (Å²) in [5, 5.41) is 2.63. The van der Waals surface area contributed by atoms with Gasteiger partial charge >= 0.3 is 10.1 Å². The Kier molecular flexibility index (Phi) is 8.10. The van der Waals surface area contributed by atoms with Gasteiger partial charge in [0.1, 0.15) is 4.90 Å². The fourth-order valence-corrected chi connectivity index (χ4v) is 5.43. The maximum Gasteiger partial charge on any atom is 0.339 e. The van der Waals surface area contributed by atoms with E-state index in [4.69, 9.17) is 20.5 Å². The number of amides is 3. The number of hydrogen-bond acceptors (Lipinski definition) is 8. The highest BCUT2D eigenvalue weighted by Gasteiger charge is 2.35. The third kappa shape index (κ3) is 6.18. The van der Waals surface area contributed by atoms with Crippen LogP contribution in [0.2, 0.25) is 5.02 Å². The van der Waals surface area contributed by atoms with Crippen molar-refractivity contribution in [3.05, 3.63) is 87.8 Å². The van der Waals surface area contributed by atoms with E-state index in [2.05, 4.69) is 5.32 Å². The van der Waals surface area contributed by atoms with Crippen LogP contribution in [0.15, 0.2) is 76.5 Å². The van der Waals surface area contributed by atoms with E-state index < -0.39 is 21.3 Å². The van der Waals surface area contributed by atoms with Crippen molar-refractivity contribution in [2.75, 3.05) is 12.4 Å². The van der Waals surface area contributed by atoms with Gasteiger partial charge in [-0.05, 0) is 65.9 Å². The minimum atomic E-state index is -4.33. The van der Waals surface area contributed by atoms with Gasteiger partial charge in [-0.3, -0.25) is 19.3 Å². The van der Waals surface area contributed by atoms with Crippen LogP contribution in [-0.4, -0.2) is 37.5 Å². The average molecular weight is 573 g/mol. The Labute approximate surface area is 228 Å². The maximum atomic E-state index is 13.1. The van der Waals surface area contributed by atoms with Crippen LogP contribution in [0.3, 0.4) is 0 Å². The molecule has 3 aromatic rings. The molecule has 3 amide bonds. The first kappa shape index (κ1) is 27.2. The van der Waals surface area contributed by atoms with Crippen molar-refractivity contribution in [1.82, 2.24) is 4.90 Å². The third-order valence-corrected chi connectivity index (χ3v) is 7.69. The zero-order valence-corrected chi connectivity index (χ0v) is 22.5. The number of nitrogens with zero attached hydrogens (tertiary/aromatic N) is 1. The van der Waals surface area contributed by atoms with Crippen molar-refractivity contribution in [2.45, 2.75) is 18.4 Å². The second-order valence-corrected chi connectivity index (χ2v) is 11.0. The number of carbonyl (C=O) groups is 3. The molecule has 38 heavy (non-hydrogen) atoms. The van der Waals surface area contributed by atoms with E-state index in [1.165, 1.54) is 50.4 Å². The predicted octanol–water partition coefficient (Wildman–Crippen LogP) is 5.31. The Balaban J connectivity index is 1.62. The van der Waals surface area contributed by atoms with Crippen LogP contribution in [0, 0.1) is 0 Å². The van der Waals surface area contributed by atoms with Crippen molar-refractivity contribution in [3.63, 3.8) is 0 Å². The van der Waals surface area contributed by atoms with Crippen LogP contribution in [0.4, 0.5) is 10.5 Å². The Morgan fingerprint density at radius 3 is 2.37 bits per heavy atom. The van der Waals surface area contributed by atoms with Gasteiger partial charge in [0.2, 0.25) is 5.91 Å². The lowest BCUT2D eigenvalue weighted by Crippen LogP contribution is -2.27. The summed E-state index contributed by atoms with van der Waals surface area (Å²) in [4.78, 5) is 37.9. The van der Waals surface area contributed by atoms with Gasteiger partial charge < -0.3 is 14.2 Å². The quantitative estimate of drug-likeness (QED) is 0.285. The number of nitrogens with one attached hydrogen (secondary N) is 1. The van der Waals surface area contributed by atoms with Gasteiger partial charge in [-0.2, -0.15) is 8.42 Å². The lowest BCUT2D eigenvalue weighted by Gasteiger charge is -2.14. The topological polar surface area (TPSA) is 119 Å². The van der Waals surface area contributed by atoms with Gasteiger partial charge in [-0.25, -0.2) is 0 Å². The molecule has 0 saturated carbocycles. The normalized spacial score (nSPS) is 14.6. The second-order valence-electron chi connectivity index (χ2n) is 8.02. The van der Waals surface area contributed by atoms with E-state index in [1.807, 2.05) is 0 Å². The molecule has 0 atom stereocenters. The average Bonchev–Trinajstić information content (AvgIpc) is 3.13. The molecular formula is C26H21ClN2O7S2. The number of rotatable bonds is 8. The number of benzene rings is 3. The molecule has 4 rings (SSSR count). The molecule has 0 aliphatic carbocycles. The molecule has 1 fully saturated rings. The molecule has 1 heterocycles.